The van der Waals surface area contributed by atoms with Crippen molar-refractivity contribution in [3.8, 4) is 0 Å². The van der Waals surface area contributed by atoms with Crippen LogP contribution < -0.4 is 5.32 Å². The van der Waals surface area contributed by atoms with Crippen molar-refractivity contribution in [3.63, 3.8) is 0 Å². The molecular weight excluding hydrogens is 310 g/mol. The van der Waals surface area contributed by atoms with Gasteiger partial charge in [0, 0.05) is 18.0 Å². The van der Waals surface area contributed by atoms with E-state index in [0.717, 1.165) is 30.6 Å². The normalized spacial score (nSPS) is 21.1. The Labute approximate surface area is 150 Å². The average Bonchev–Trinajstić information content (AvgIpc) is 3.09. The van der Waals surface area contributed by atoms with Crippen molar-refractivity contribution in [1.29, 1.82) is 0 Å². The third kappa shape index (κ3) is 4.53. The largest absolute Gasteiger partial charge is 0.469 e. The number of amides is 1. The third-order valence-corrected chi connectivity index (χ3v) is 5.28. The zero-order chi connectivity index (χ0) is 17.9. The van der Waals surface area contributed by atoms with Crippen LogP contribution in [0.1, 0.15) is 68.1 Å². The van der Waals surface area contributed by atoms with Crippen molar-refractivity contribution in [1.82, 2.24) is 5.32 Å². The lowest BCUT2D eigenvalue weighted by molar-refractivity contribution is 0.0904. The van der Waals surface area contributed by atoms with E-state index in [-0.39, 0.29) is 17.4 Å². The molecule has 1 aromatic carbocycles. The van der Waals surface area contributed by atoms with Gasteiger partial charge in [-0.15, -0.1) is 0 Å². The fourth-order valence-electron chi connectivity index (χ4n) is 3.70. The first-order valence-corrected chi connectivity index (χ1v) is 9.37. The Kier molecular flexibility index (Phi) is 5.31. The molecule has 25 heavy (non-hydrogen) atoms. The smallest absolute Gasteiger partial charge is 0.251 e. The fraction of sp³-hybridized carbons (Fsp3) is 0.500. The molecule has 3 nitrogen and oxygen atoms in total. The molecular formula is C22H29NO2. The number of hydrogen-bond acceptors (Lipinski definition) is 2. The van der Waals surface area contributed by atoms with Crippen molar-refractivity contribution < 1.29 is 9.21 Å². The van der Waals surface area contributed by atoms with Gasteiger partial charge in [-0.3, -0.25) is 4.79 Å². The zero-order valence-electron chi connectivity index (χ0n) is 15.5. The molecule has 1 N–H and O–H groups in total. The predicted octanol–water partition coefficient (Wildman–Crippen LogP) is 5.11. The van der Waals surface area contributed by atoms with Crippen LogP contribution in [0.25, 0.3) is 0 Å². The average molecular weight is 339 g/mol. The molecule has 1 heterocycles. The lowest BCUT2D eigenvalue weighted by Crippen LogP contribution is -2.42. The maximum Gasteiger partial charge on any atom is 0.251 e. The van der Waals surface area contributed by atoms with Gasteiger partial charge < -0.3 is 9.73 Å². The number of carbonyl (C=O) groups excluding carboxylic acids is 1. The highest BCUT2D eigenvalue weighted by Gasteiger charge is 2.27. The minimum atomic E-state index is 0.0387. The van der Waals surface area contributed by atoms with Crippen LogP contribution in [0.4, 0.5) is 0 Å². The van der Waals surface area contributed by atoms with Crippen LogP contribution in [-0.4, -0.2) is 11.9 Å². The van der Waals surface area contributed by atoms with Crippen LogP contribution in [-0.2, 0) is 11.8 Å². The molecule has 1 aromatic heterocycles. The molecule has 1 aliphatic carbocycles. The third-order valence-electron chi connectivity index (χ3n) is 5.28. The van der Waals surface area contributed by atoms with E-state index in [1.54, 1.807) is 6.26 Å². The van der Waals surface area contributed by atoms with Crippen LogP contribution in [0.2, 0.25) is 0 Å². The van der Waals surface area contributed by atoms with Gasteiger partial charge in [0.15, 0.2) is 0 Å². The molecule has 2 atom stereocenters. The second-order valence-electron chi connectivity index (χ2n) is 8.24. The van der Waals surface area contributed by atoms with Gasteiger partial charge in [0.1, 0.15) is 5.76 Å². The molecule has 0 bridgehead atoms. The van der Waals surface area contributed by atoms with E-state index in [4.69, 9.17) is 4.42 Å². The molecule has 3 rings (SSSR count). The number of rotatable bonds is 4. The molecule has 0 aliphatic heterocycles. The Morgan fingerprint density at radius 3 is 2.48 bits per heavy atom. The fourth-order valence-corrected chi connectivity index (χ4v) is 3.70. The molecule has 0 spiro atoms. The summed E-state index contributed by atoms with van der Waals surface area (Å²) in [5.41, 5.74) is 2.10. The topological polar surface area (TPSA) is 42.2 Å². The number of nitrogens with one attached hydrogen (secondary N) is 1. The molecule has 2 unspecified atom stereocenters. The van der Waals surface area contributed by atoms with Crippen LogP contribution in [0, 0.1) is 5.92 Å². The zero-order valence-corrected chi connectivity index (χ0v) is 15.5. The predicted molar refractivity (Wildman–Crippen MR) is 101 cm³/mol. The molecule has 2 aromatic rings. The summed E-state index contributed by atoms with van der Waals surface area (Å²) in [6.07, 6.45) is 7.25. The Hall–Kier alpha value is -2.03. The van der Waals surface area contributed by atoms with E-state index in [1.165, 1.54) is 18.4 Å². The van der Waals surface area contributed by atoms with Crippen molar-refractivity contribution in [2.45, 2.75) is 64.3 Å². The van der Waals surface area contributed by atoms with Gasteiger partial charge in [0.2, 0.25) is 0 Å². The maximum atomic E-state index is 12.7. The summed E-state index contributed by atoms with van der Waals surface area (Å²) < 4.78 is 5.51. The first kappa shape index (κ1) is 17.8. The van der Waals surface area contributed by atoms with Crippen LogP contribution in [0.15, 0.2) is 47.1 Å². The molecule has 0 radical (unpaired) electrons. The second kappa shape index (κ2) is 7.47. The van der Waals surface area contributed by atoms with E-state index >= 15 is 0 Å². The number of carbonyl (C=O) groups is 1. The van der Waals surface area contributed by atoms with Crippen LogP contribution in [0.3, 0.4) is 0 Å². The molecule has 3 heteroatoms. The summed E-state index contributed by atoms with van der Waals surface area (Å²) in [6, 6.07) is 12.2. The maximum absolute atomic E-state index is 12.7. The summed E-state index contributed by atoms with van der Waals surface area (Å²) in [5, 5.41) is 3.28. The van der Waals surface area contributed by atoms with Gasteiger partial charge in [0.05, 0.1) is 6.26 Å². The second-order valence-corrected chi connectivity index (χ2v) is 8.24. The highest BCUT2D eigenvalue weighted by molar-refractivity contribution is 5.94. The summed E-state index contributed by atoms with van der Waals surface area (Å²) in [6.45, 7) is 6.55. The van der Waals surface area contributed by atoms with Gasteiger partial charge in [-0.1, -0.05) is 45.7 Å². The minimum Gasteiger partial charge on any atom is -0.469 e. The highest BCUT2D eigenvalue weighted by atomic mass is 16.3. The van der Waals surface area contributed by atoms with Gasteiger partial charge in [0.25, 0.3) is 5.91 Å². The van der Waals surface area contributed by atoms with Crippen molar-refractivity contribution in [2.24, 2.45) is 5.92 Å². The Balaban J connectivity index is 1.65. The number of hydrogen-bond donors (Lipinski definition) is 1. The molecule has 1 aliphatic rings. The lowest BCUT2D eigenvalue weighted by Gasteiger charge is -2.32. The standard InChI is InChI=1S/C22H29NO2/c1-22(2,3)18-12-10-16(11-13-18)21(24)23-20-9-5-4-7-17(20)15-19-8-6-14-25-19/h6,8,10-14,17,20H,4-5,7,9,15H2,1-3H3,(H,23,24). The Morgan fingerprint density at radius 2 is 1.84 bits per heavy atom. The summed E-state index contributed by atoms with van der Waals surface area (Å²) in [5.74, 6) is 1.51. The molecule has 1 fully saturated rings. The summed E-state index contributed by atoms with van der Waals surface area (Å²) in [7, 11) is 0. The van der Waals surface area contributed by atoms with Gasteiger partial charge in [-0.2, -0.15) is 0 Å². The van der Waals surface area contributed by atoms with Gasteiger partial charge >= 0.3 is 0 Å². The Bertz CT molecular complexity index is 680. The number of furan rings is 1. The van der Waals surface area contributed by atoms with Crippen molar-refractivity contribution >= 4 is 5.91 Å². The first-order chi connectivity index (χ1) is 11.9. The highest BCUT2D eigenvalue weighted by Crippen LogP contribution is 2.28. The monoisotopic (exact) mass is 339 g/mol. The van der Waals surface area contributed by atoms with Gasteiger partial charge in [-0.25, -0.2) is 0 Å². The molecule has 134 valence electrons. The summed E-state index contributed by atoms with van der Waals surface area (Å²) in [4.78, 5) is 12.7. The van der Waals surface area contributed by atoms with E-state index in [9.17, 15) is 4.79 Å². The van der Waals surface area contributed by atoms with Crippen LogP contribution in [0.5, 0.6) is 0 Å². The van der Waals surface area contributed by atoms with Gasteiger partial charge in [-0.05, 0) is 54.0 Å². The molecule has 1 amide bonds. The molecule has 0 saturated heterocycles. The van der Waals surface area contributed by atoms with Crippen molar-refractivity contribution in [3.05, 3.63) is 59.5 Å². The first-order valence-electron chi connectivity index (χ1n) is 9.37. The SMILES string of the molecule is CC(C)(C)c1ccc(C(=O)NC2CCCCC2Cc2ccco2)cc1. The number of benzene rings is 1. The van der Waals surface area contributed by atoms with E-state index in [0.29, 0.717) is 5.92 Å². The Morgan fingerprint density at radius 1 is 1.12 bits per heavy atom. The minimum absolute atomic E-state index is 0.0387. The molecule has 1 saturated carbocycles. The van der Waals surface area contributed by atoms with Crippen molar-refractivity contribution in [2.75, 3.05) is 0 Å². The van der Waals surface area contributed by atoms with E-state index in [1.807, 2.05) is 24.3 Å². The summed E-state index contributed by atoms with van der Waals surface area (Å²) >= 11 is 0. The lowest BCUT2D eigenvalue weighted by atomic mass is 9.81. The van der Waals surface area contributed by atoms with Crippen LogP contribution >= 0.6 is 0 Å². The van der Waals surface area contributed by atoms with E-state index in [2.05, 4.69) is 38.2 Å². The quantitative estimate of drug-likeness (QED) is 0.841. The van der Waals surface area contributed by atoms with E-state index < -0.39 is 0 Å².